The molecule has 2 aromatic rings. The van der Waals surface area contributed by atoms with E-state index in [1.165, 1.54) is 18.4 Å². The van der Waals surface area contributed by atoms with Crippen LogP contribution >= 0.6 is 0 Å². The average Bonchev–Trinajstić information content (AvgIpc) is 2.93. The van der Waals surface area contributed by atoms with Crippen molar-refractivity contribution in [3.05, 3.63) is 53.6 Å². The fourth-order valence-electron chi connectivity index (χ4n) is 3.18. The molecule has 0 spiro atoms. The minimum atomic E-state index is -0.233. The molecule has 1 N–H and O–H groups in total. The molecule has 3 rings (SSSR count). The van der Waals surface area contributed by atoms with Crippen molar-refractivity contribution < 1.29 is 14.3 Å². The van der Waals surface area contributed by atoms with Crippen LogP contribution in [0.2, 0.25) is 0 Å². The molecule has 4 heteroatoms. The van der Waals surface area contributed by atoms with Gasteiger partial charge in [0.1, 0.15) is 5.60 Å². The van der Waals surface area contributed by atoms with Crippen molar-refractivity contribution in [2.75, 3.05) is 11.9 Å². The van der Waals surface area contributed by atoms with Gasteiger partial charge < -0.3 is 14.8 Å². The van der Waals surface area contributed by atoms with Gasteiger partial charge in [0.15, 0.2) is 18.1 Å². The van der Waals surface area contributed by atoms with Crippen molar-refractivity contribution in [2.45, 2.75) is 52.1 Å². The summed E-state index contributed by atoms with van der Waals surface area (Å²) >= 11 is 0. The average molecular weight is 353 g/mol. The highest BCUT2D eigenvalue weighted by atomic mass is 16.5. The van der Waals surface area contributed by atoms with Crippen LogP contribution in [-0.2, 0) is 17.6 Å². The van der Waals surface area contributed by atoms with E-state index in [2.05, 4.69) is 24.4 Å². The van der Waals surface area contributed by atoms with Crippen LogP contribution in [0.4, 0.5) is 5.69 Å². The van der Waals surface area contributed by atoms with Crippen molar-refractivity contribution in [2.24, 2.45) is 0 Å². The van der Waals surface area contributed by atoms with Gasteiger partial charge in [-0.1, -0.05) is 37.6 Å². The maximum atomic E-state index is 12.2. The van der Waals surface area contributed by atoms with E-state index in [0.717, 1.165) is 29.8 Å². The van der Waals surface area contributed by atoms with E-state index < -0.39 is 0 Å². The van der Waals surface area contributed by atoms with E-state index in [1.54, 1.807) is 0 Å². The van der Waals surface area contributed by atoms with Crippen LogP contribution < -0.4 is 14.8 Å². The number of unbranched alkanes of at least 4 members (excludes halogenated alkanes) is 1. The molecule has 0 radical (unpaired) electrons. The second-order valence-electron chi connectivity index (χ2n) is 7.42. The third-order valence-electron chi connectivity index (χ3n) is 4.47. The lowest BCUT2D eigenvalue weighted by Crippen LogP contribution is -2.25. The highest BCUT2D eigenvalue weighted by Crippen LogP contribution is 2.41. The first kappa shape index (κ1) is 18.3. The van der Waals surface area contributed by atoms with Crippen LogP contribution in [0.15, 0.2) is 42.5 Å². The summed E-state index contributed by atoms with van der Waals surface area (Å²) in [6.45, 7) is 6.24. The molecule has 0 saturated heterocycles. The molecule has 0 unspecified atom stereocenters. The van der Waals surface area contributed by atoms with Crippen LogP contribution in [0.1, 0.15) is 44.7 Å². The number of fused-ring (bicyclic) bond motifs is 1. The van der Waals surface area contributed by atoms with Gasteiger partial charge in [0, 0.05) is 17.7 Å². The van der Waals surface area contributed by atoms with Crippen LogP contribution in [0.25, 0.3) is 0 Å². The summed E-state index contributed by atoms with van der Waals surface area (Å²) in [5, 5.41) is 2.87. The smallest absolute Gasteiger partial charge is 0.262 e. The van der Waals surface area contributed by atoms with Crippen LogP contribution in [0.5, 0.6) is 11.5 Å². The van der Waals surface area contributed by atoms with Gasteiger partial charge in [-0.15, -0.1) is 0 Å². The predicted molar refractivity (Wildman–Crippen MR) is 104 cm³/mol. The summed E-state index contributed by atoms with van der Waals surface area (Å²) in [6, 6.07) is 13.8. The van der Waals surface area contributed by atoms with Gasteiger partial charge in [0.2, 0.25) is 0 Å². The first-order chi connectivity index (χ1) is 12.5. The molecule has 0 aliphatic carbocycles. The number of carbonyl (C=O) groups excluding carboxylic acids is 1. The van der Waals surface area contributed by atoms with Crippen LogP contribution in [0.3, 0.4) is 0 Å². The molecule has 1 aliphatic rings. The van der Waals surface area contributed by atoms with Crippen molar-refractivity contribution >= 4 is 11.6 Å². The maximum absolute atomic E-state index is 12.2. The molecule has 0 bridgehead atoms. The van der Waals surface area contributed by atoms with Gasteiger partial charge in [0.05, 0.1) is 0 Å². The number of rotatable bonds is 7. The third kappa shape index (κ3) is 4.57. The van der Waals surface area contributed by atoms with Gasteiger partial charge >= 0.3 is 0 Å². The Bertz CT molecular complexity index is 765. The molecule has 1 aliphatic heterocycles. The van der Waals surface area contributed by atoms with Gasteiger partial charge in [-0.3, -0.25) is 4.79 Å². The molecule has 0 fully saturated rings. The number of hydrogen-bond donors (Lipinski definition) is 1. The lowest BCUT2D eigenvalue weighted by Gasteiger charge is -2.18. The standard InChI is InChI=1S/C22H27NO3/c1-4-5-7-16-10-12-18(13-11-16)23-20(24)15-25-19-9-6-8-17-14-22(2,3)26-21(17)19/h6,8-13H,4-5,7,14-15H2,1-3H3,(H,23,24). The first-order valence-electron chi connectivity index (χ1n) is 9.29. The molecule has 0 saturated carbocycles. The maximum Gasteiger partial charge on any atom is 0.262 e. The van der Waals surface area contributed by atoms with E-state index in [9.17, 15) is 4.79 Å². The van der Waals surface area contributed by atoms with Gasteiger partial charge in [-0.2, -0.15) is 0 Å². The number of benzene rings is 2. The van der Waals surface area contributed by atoms with Gasteiger partial charge in [0.25, 0.3) is 5.91 Å². The Morgan fingerprint density at radius 1 is 1.19 bits per heavy atom. The lowest BCUT2D eigenvalue weighted by molar-refractivity contribution is -0.118. The Balaban J connectivity index is 1.55. The summed E-state index contributed by atoms with van der Waals surface area (Å²) in [7, 11) is 0. The normalized spacial score (nSPS) is 14.4. The zero-order valence-electron chi connectivity index (χ0n) is 15.8. The number of carbonyl (C=O) groups is 1. The fourth-order valence-corrected chi connectivity index (χ4v) is 3.18. The quantitative estimate of drug-likeness (QED) is 0.781. The molecular formula is C22H27NO3. The Morgan fingerprint density at radius 3 is 2.69 bits per heavy atom. The first-order valence-corrected chi connectivity index (χ1v) is 9.29. The van der Waals surface area contributed by atoms with E-state index in [4.69, 9.17) is 9.47 Å². The Hall–Kier alpha value is -2.49. The van der Waals surface area contributed by atoms with E-state index >= 15 is 0 Å². The minimum Gasteiger partial charge on any atom is -0.483 e. The molecule has 0 aromatic heterocycles. The summed E-state index contributed by atoms with van der Waals surface area (Å²) in [5.74, 6) is 1.20. The molecular weight excluding hydrogens is 326 g/mol. The van der Waals surface area contributed by atoms with E-state index in [0.29, 0.717) is 5.75 Å². The minimum absolute atomic E-state index is 0.0438. The number of para-hydroxylation sites is 1. The number of ether oxygens (including phenoxy) is 2. The number of amides is 1. The van der Waals surface area contributed by atoms with Crippen LogP contribution in [-0.4, -0.2) is 18.1 Å². The summed E-state index contributed by atoms with van der Waals surface area (Å²) in [5.41, 5.74) is 2.97. The molecule has 26 heavy (non-hydrogen) atoms. The molecule has 138 valence electrons. The second kappa shape index (κ2) is 7.81. The lowest BCUT2D eigenvalue weighted by atomic mass is 10.0. The van der Waals surface area contributed by atoms with E-state index in [1.807, 2.05) is 44.2 Å². The fraction of sp³-hybridized carbons (Fsp3) is 0.409. The van der Waals surface area contributed by atoms with Crippen molar-refractivity contribution in [1.82, 2.24) is 0 Å². The van der Waals surface area contributed by atoms with Gasteiger partial charge in [-0.05, 0) is 50.5 Å². The van der Waals surface area contributed by atoms with Gasteiger partial charge in [-0.25, -0.2) is 0 Å². The Morgan fingerprint density at radius 2 is 1.96 bits per heavy atom. The highest BCUT2D eigenvalue weighted by Gasteiger charge is 2.32. The number of hydrogen-bond acceptors (Lipinski definition) is 3. The molecule has 1 amide bonds. The molecule has 1 heterocycles. The summed E-state index contributed by atoms with van der Waals surface area (Å²) < 4.78 is 11.7. The Kier molecular flexibility index (Phi) is 5.50. The predicted octanol–water partition coefficient (Wildman–Crippen LogP) is 4.76. The number of anilines is 1. The number of aryl methyl sites for hydroxylation is 1. The zero-order valence-corrected chi connectivity index (χ0v) is 15.8. The highest BCUT2D eigenvalue weighted by molar-refractivity contribution is 5.91. The third-order valence-corrected chi connectivity index (χ3v) is 4.47. The van der Waals surface area contributed by atoms with Crippen molar-refractivity contribution in [3.8, 4) is 11.5 Å². The van der Waals surface area contributed by atoms with E-state index in [-0.39, 0.29) is 18.1 Å². The van der Waals surface area contributed by atoms with Crippen LogP contribution in [0, 0.1) is 0 Å². The SMILES string of the molecule is CCCCc1ccc(NC(=O)COc2cccc3c2OC(C)(C)C3)cc1. The largest absolute Gasteiger partial charge is 0.483 e. The molecule has 2 aromatic carbocycles. The van der Waals surface area contributed by atoms with Crippen molar-refractivity contribution in [1.29, 1.82) is 0 Å². The monoisotopic (exact) mass is 353 g/mol. The number of nitrogens with one attached hydrogen (secondary N) is 1. The second-order valence-corrected chi connectivity index (χ2v) is 7.42. The molecule has 4 nitrogen and oxygen atoms in total. The summed E-state index contributed by atoms with van der Waals surface area (Å²) in [6.07, 6.45) is 4.28. The van der Waals surface area contributed by atoms with Crippen molar-refractivity contribution in [3.63, 3.8) is 0 Å². The zero-order chi connectivity index (χ0) is 18.6. The summed E-state index contributed by atoms with van der Waals surface area (Å²) in [4.78, 5) is 12.2. The topological polar surface area (TPSA) is 47.6 Å². The Labute approximate surface area is 155 Å². The molecule has 0 atom stereocenters.